The van der Waals surface area contributed by atoms with Crippen LogP contribution in [0.15, 0.2) is 36.4 Å². The van der Waals surface area contributed by atoms with Crippen molar-refractivity contribution in [2.45, 2.75) is 6.92 Å². The number of aromatic nitrogens is 2. The second-order valence-corrected chi connectivity index (χ2v) is 4.57. The van der Waals surface area contributed by atoms with E-state index in [-0.39, 0.29) is 17.3 Å². The maximum absolute atomic E-state index is 9.17. The van der Waals surface area contributed by atoms with Crippen molar-refractivity contribution < 1.29 is 4.74 Å². The molecule has 0 fully saturated rings. The number of hydrogen-bond donors (Lipinski definition) is 2. The summed E-state index contributed by atoms with van der Waals surface area (Å²) in [4.78, 5) is 7.87. The first kappa shape index (κ1) is 14.3. The number of nitrogens with zero attached hydrogens (tertiary/aromatic N) is 3. The number of nitriles is 1. The smallest absolute Gasteiger partial charge is 0.222 e. The Kier molecular flexibility index (Phi) is 4.05. The van der Waals surface area contributed by atoms with Crippen LogP contribution in [0.1, 0.15) is 12.5 Å². The second-order valence-electron chi connectivity index (χ2n) is 4.57. The summed E-state index contributed by atoms with van der Waals surface area (Å²) in [6, 6.07) is 9.14. The number of benzene rings is 1. The van der Waals surface area contributed by atoms with Gasteiger partial charge >= 0.3 is 0 Å². The van der Waals surface area contributed by atoms with E-state index in [0.29, 0.717) is 18.1 Å². The fourth-order valence-electron chi connectivity index (χ4n) is 1.73. The van der Waals surface area contributed by atoms with Crippen LogP contribution in [0.25, 0.3) is 11.3 Å². The third-order valence-corrected chi connectivity index (χ3v) is 2.68. The molecular weight excluding hydrogens is 266 g/mol. The van der Waals surface area contributed by atoms with Gasteiger partial charge in [-0.1, -0.05) is 6.58 Å². The normalized spacial score (nSPS) is 9.90. The van der Waals surface area contributed by atoms with E-state index in [2.05, 4.69) is 16.5 Å². The third-order valence-electron chi connectivity index (χ3n) is 2.68. The largest absolute Gasteiger partial charge is 0.489 e. The van der Waals surface area contributed by atoms with Gasteiger partial charge in [-0.2, -0.15) is 10.2 Å². The molecule has 6 heteroatoms. The lowest BCUT2D eigenvalue weighted by Gasteiger charge is -2.09. The molecule has 2 aromatic rings. The van der Waals surface area contributed by atoms with E-state index in [1.165, 1.54) is 0 Å². The van der Waals surface area contributed by atoms with Crippen LogP contribution in [0.5, 0.6) is 5.75 Å². The lowest BCUT2D eigenvalue weighted by Crippen LogP contribution is -2.05. The van der Waals surface area contributed by atoms with E-state index >= 15 is 0 Å². The summed E-state index contributed by atoms with van der Waals surface area (Å²) in [6.07, 6.45) is 0. The van der Waals surface area contributed by atoms with E-state index < -0.39 is 0 Å². The highest BCUT2D eigenvalue weighted by molar-refractivity contribution is 5.73. The summed E-state index contributed by atoms with van der Waals surface area (Å²) in [5.74, 6) is 0.807. The summed E-state index contributed by atoms with van der Waals surface area (Å²) in [5.41, 5.74) is 13.5. The topological polar surface area (TPSA) is 111 Å². The van der Waals surface area contributed by atoms with Crippen molar-refractivity contribution in [1.29, 1.82) is 5.26 Å². The highest BCUT2D eigenvalue weighted by Gasteiger charge is 2.13. The van der Waals surface area contributed by atoms with Crippen LogP contribution in [-0.4, -0.2) is 16.6 Å². The molecule has 0 aliphatic heterocycles. The Balaban J connectivity index is 2.35. The van der Waals surface area contributed by atoms with Gasteiger partial charge in [0.2, 0.25) is 5.95 Å². The second kappa shape index (κ2) is 5.92. The van der Waals surface area contributed by atoms with Crippen molar-refractivity contribution in [3.8, 4) is 23.1 Å². The molecule has 0 saturated carbocycles. The zero-order valence-corrected chi connectivity index (χ0v) is 11.6. The third kappa shape index (κ3) is 3.28. The van der Waals surface area contributed by atoms with Gasteiger partial charge in [0.15, 0.2) is 0 Å². The first-order valence-corrected chi connectivity index (χ1v) is 6.22. The van der Waals surface area contributed by atoms with Crippen LogP contribution in [-0.2, 0) is 0 Å². The molecule has 0 spiro atoms. The number of anilines is 2. The Bertz CT molecular complexity index is 716. The van der Waals surface area contributed by atoms with Crippen molar-refractivity contribution in [2.24, 2.45) is 0 Å². The van der Waals surface area contributed by atoms with E-state index in [4.69, 9.17) is 21.5 Å². The Morgan fingerprint density at radius 3 is 2.52 bits per heavy atom. The van der Waals surface area contributed by atoms with Gasteiger partial charge in [-0.15, -0.1) is 0 Å². The molecule has 21 heavy (non-hydrogen) atoms. The molecule has 2 rings (SSSR count). The van der Waals surface area contributed by atoms with Crippen LogP contribution < -0.4 is 16.2 Å². The molecule has 1 aromatic carbocycles. The average Bonchev–Trinajstić information content (AvgIpc) is 2.45. The van der Waals surface area contributed by atoms with Gasteiger partial charge in [-0.05, 0) is 36.8 Å². The molecule has 1 aromatic heterocycles. The summed E-state index contributed by atoms with van der Waals surface area (Å²) in [6.45, 7) is 6.12. The highest BCUT2D eigenvalue weighted by atomic mass is 16.5. The minimum atomic E-state index is 0.0316. The molecule has 6 nitrogen and oxygen atoms in total. The minimum Gasteiger partial charge on any atom is -0.489 e. The lowest BCUT2D eigenvalue weighted by atomic mass is 10.1. The van der Waals surface area contributed by atoms with Gasteiger partial charge in [-0.3, -0.25) is 0 Å². The SMILES string of the molecule is C=C(C)COc1ccc(-c2nc(N)nc(N)c2C#N)cc1. The molecule has 0 saturated heterocycles. The van der Waals surface area contributed by atoms with Crippen molar-refractivity contribution in [2.75, 3.05) is 18.1 Å². The number of ether oxygens (including phenoxy) is 1. The van der Waals surface area contributed by atoms with Crippen molar-refractivity contribution in [3.05, 3.63) is 42.0 Å². The Morgan fingerprint density at radius 2 is 1.95 bits per heavy atom. The van der Waals surface area contributed by atoms with Gasteiger partial charge < -0.3 is 16.2 Å². The molecule has 0 atom stereocenters. The summed E-state index contributed by atoms with van der Waals surface area (Å²) < 4.78 is 5.52. The number of hydrogen-bond acceptors (Lipinski definition) is 6. The number of nitrogen functional groups attached to an aromatic ring is 2. The van der Waals surface area contributed by atoms with Crippen LogP contribution in [0.2, 0.25) is 0 Å². The maximum atomic E-state index is 9.17. The molecule has 0 aliphatic carbocycles. The van der Waals surface area contributed by atoms with E-state index in [9.17, 15) is 0 Å². The fourth-order valence-corrected chi connectivity index (χ4v) is 1.73. The standard InChI is InChI=1S/C15H15N5O/c1-9(2)8-21-11-5-3-10(4-6-11)13-12(7-16)14(17)20-15(18)19-13/h3-6H,1,8H2,2H3,(H4,17,18,19,20). The molecule has 4 N–H and O–H groups in total. The summed E-state index contributed by atoms with van der Waals surface area (Å²) in [7, 11) is 0. The molecule has 106 valence electrons. The van der Waals surface area contributed by atoms with Gasteiger partial charge in [0, 0.05) is 5.56 Å². The van der Waals surface area contributed by atoms with Crippen LogP contribution >= 0.6 is 0 Å². The fraction of sp³-hybridized carbons (Fsp3) is 0.133. The molecule has 0 aliphatic rings. The predicted molar refractivity (Wildman–Crippen MR) is 81.3 cm³/mol. The molecule has 0 radical (unpaired) electrons. The molecule has 1 heterocycles. The number of rotatable bonds is 4. The average molecular weight is 281 g/mol. The van der Waals surface area contributed by atoms with Crippen LogP contribution in [0.3, 0.4) is 0 Å². The molecule has 0 unspecified atom stereocenters. The first-order chi connectivity index (χ1) is 10.0. The monoisotopic (exact) mass is 281 g/mol. The quantitative estimate of drug-likeness (QED) is 0.830. The van der Waals surface area contributed by atoms with Gasteiger partial charge in [0.1, 0.15) is 29.8 Å². The first-order valence-electron chi connectivity index (χ1n) is 6.22. The Labute approximate surface area is 122 Å². The van der Waals surface area contributed by atoms with Gasteiger partial charge in [0.25, 0.3) is 0 Å². The van der Waals surface area contributed by atoms with Crippen LogP contribution in [0, 0.1) is 11.3 Å². The summed E-state index contributed by atoms with van der Waals surface area (Å²) >= 11 is 0. The number of nitrogens with two attached hydrogens (primary N) is 2. The van der Waals surface area contributed by atoms with E-state index in [1.807, 2.05) is 13.0 Å². The molecule has 0 bridgehead atoms. The zero-order chi connectivity index (χ0) is 15.4. The molecule has 0 amide bonds. The Hall–Kier alpha value is -3.07. The maximum Gasteiger partial charge on any atom is 0.222 e. The highest BCUT2D eigenvalue weighted by Crippen LogP contribution is 2.26. The minimum absolute atomic E-state index is 0.0316. The van der Waals surface area contributed by atoms with E-state index in [1.54, 1.807) is 24.3 Å². The van der Waals surface area contributed by atoms with Crippen LogP contribution in [0.4, 0.5) is 11.8 Å². The van der Waals surface area contributed by atoms with E-state index in [0.717, 1.165) is 11.1 Å². The summed E-state index contributed by atoms with van der Waals surface area (Å²) in [5, 5.41) is 9.17. The van der Waals surface area contributed by atoms with Gasteiger partial charge in [0.05, 0.1) is 5.69 Å². The predicted octanol–water partition coefficient (Wildman–Crippen LogP) is 2.13. The Morgan fingerprint density at radius 1 is 1.29 bits per heavy atom. The van der Waals surface area contributed by atoms with Crippen molar-refractivity contribution in [3.63, 3.8) is 0 Å². The lowest BCUT2D eigenvalue weighted by molar-refractivity contribution is 0.353. The van der Waals surface area contributed by atoms with Crippen molar-refractivity contribution in [1.82, 2.24) is 9.97 Å². The van der Waals surface area contributed by atoms with Gasteiger partial charge in [-0.25, -0.2) is 4.98 Å². The zero-order valence-electron chi connectivity index (χ0n) is 11.6. The molecular formula is C15H15N5O. The van der Waals surface area contributed by atoms with Crippen molar-refractivity contribution >= 4 is 11.8 Å².